The van der Waals surface area contributed by atoms with Crippen molar-refractivity contribution >= 4 is 11.0 Å². The van der Waals surface area contributed by atoms with E-state index in [4.69, 9.17) is 0 Å². The molecule has 1 unspecified atom stereocenters. The third-order valence-electron chi connectivity index (χ3n) is 4.11. The summed E-state index contributed by atoms with van der Waals surface area (Å²) in [5, 5.41) is 10.7. The highest BCUT2D eigenvalue weighted by molar-refractivity contribution is 5.75. The van der Waals surface area contributed by atoms with Crippen LogP contribution < -0.4 is 0 Å². The average molecular weight is 259 g/mol. The van der Waals surface area contributed by atoms with Crippen molar-refractivity contribution in [2.75, 3.05) is 20.1 Å². The first-order valence-corrected chi connectivity index (χ1v) is 6.89. The number of para-hydroxylation sites is 2. The summed E-state index contributed by atoms with van der Waals surface area (Å²) in [6.45, 7) is 1.81. The minimum Gasteiger partial charge on any atom is -0.388 e. The molecule has 1 aromatic heterocycles. The third kappa shape index (κ3) is 2.38. The van der Waals surface area contributed by atoms with Gasteiger partial charge in [0, 0.05) is 20.0 Å². The predicted molar refractivity (Wildman–Crippen MR) is 76.1 cm³/mol. The molecule has 0 radical (unpaired) electrons. The Labute approximate surface area is 113 Å². The van der Waals surface area contributed by atoms with Crippen molar-refractivity contribution < 1.29 is 5.11 Å². The number of piperidine rings is 1. The van der Waals surface area contributed by atoms with Crippen LogP contribution in [0.1, 0.15) is 18.7 Å². The minimum absolute atomic E-state index is 0.628. The van der Waals surface area contributed by atoms with Crippen molar-refractivity contribution in [3.8, 4) is 0 Å². The van der Waals surface area contributed by atoms with Gasteiger partial charge in [-0.1, -0.05) is 12.1 Å². The Morgan fingerprint density at radius 1 is 1.32 bits per heavy atom. The fourth-order valence-electron chi connectivity index (χ4n) is 3.13. The normalized spacial score (nSPS) is 25.0. The number of imidazole rings is 1. The van der Waals surface area contributed by atoms with Gasteiger partial charge in [-0.15, -0.1) is 0 Å². The number of aliphatic hydroxyl groups is 1. The summed E-state index contributed by atoms with van der Waals surface area (Å²) >= 11 is 0. The van der Waals surface area contributed by atoms with Gasteiger partial charge in [0.25, 0.3) is 0 Å². The van der Waals surface area contributed by atoms with Crippen molar-refractivity contribution in [3.63, 3.8) is 0 Å². The fourth-order valence-corrected chi connectivity index (χ4v) is 3.13. The summed E-state index contributed by atoms with van der Waals surface area (Å²) in [5.74, 6) is 0.971. The SMILES string of the molecule is CN1CCCC(O)(Cc2nc3ccccc3n2C)C1. The molecule has 2 heterocycles. The van der Waals surface area contributed by atoms with Gasteiger partial charge in [0.05, 0.1) is 16.6 Å². The number of rotatable bonds is 2. The first kappa shape index (κ1) is 12.6. The molecule has 4 heteroatoms. The van der Waals surface area contributed by atoms with Gasteiger partial charge >= 0.3 is 0 Å². The number of hydrogen-bond acceptors (Lipinski definition) is 3. The monoisotopic (exact) mass is 259 g/mol. The van der Waals surface area contributed by atoms with Crippen LogP contribution in [-0.4, -0.2) is 45.3 Å². The molecule has 2 aromatic rings. The Hall–Kier alpha value is -1.39. The first-order valence-electron chi connectivity index (χ1n) is 6.89. The van der Waals surface area contributed by atoms with E-state index in [-0.39, 0.29) is 0 Å². The average Bonchev–Trinajstić information content (AvgIpc) is 2.66. The lowest BCUT2D eigenvalue weighted by Gasteiger charge is -2.37. The number of nitrogens with zero attached hydrogens (tertiary/aromatic N) is 3. The molecule has 0 bridgehead atoms. The summed E-state index contributed by atoms with van der Waals surface area (Å²) in [6.07, 6.45) is 2.54. The van der Waals surface area contributed by atoms with Crippen LogP contribution in [0.5, 0.6) is 0 Å². The number of aromatic nitrogens is 2. The molecule has 0 spiro atoms. The Bertz CT molecular complexity index is 592. The highest BCUT2D eigenvalue weighted by atomic mass is 16.3. The second-order valence-corrected chi connectivity index (χ2v) is 5.82. The van der Waals surface area contributed by atoms with E-state index in [2.05, 4.69) is 27.6 Å². The van der Waals surface area contributed by atoms with E-state index in [1.807, 2.05) is 25.2 Å². The van der Waals surface area contributed by atoms with Crippen LogP contribution in [0.25, 0.3) is 11.0 Å². The molecule has 0 amide bonds. The number of β-amino-alcohol motifs (C(OH)–C–C–N with tert-alkyl or cyclic N) is 1. The predicted octanol–water partition coefficient (Wildman–Crippen LogP) is 1.57. The van der Waals surface area contributed by atoms with Crippen molar-refractivity contribution in [1.82, 2.24) is 14.5 Å². The number of aryl methyl sites for hydroxylation is 1. The molecule has 1 aromatic carbocycles. The lowest BCUT2D eigenvalue weighted by molar-refractivity contribution is -0.0241. The fraction of sp³-hybridized carbons (Fsp3) is 0.533. The van der Waals surface area contributed by atoms with E-state index >= 15 is 0 Å². The molecule has 0 saturated carbocycles. The summed E-state index contributed by atoms with van der Waals surface area (Å²) in [5.41, 5.74) is 1.50. The molecule has 3 rings (SSSR count). The molecule has 1 aliphatic heterocycles. The van der Waals surface area contributed by atoms with E-state index in [0.717, 1.165) is 42.8 Å². The molecular formula is C15H21N3O. The first-order chi connectivity index (χ1) is 9.07. The second kappa shape index (κ2) is 4.62. The standard InChI is InChI=1S/C15H21N3O/c1-17-9-5-8-15(19,11-17)10-14-16-12-6-3-4-7-13(12)18(14)2/h3-4,6-7,19H,5,8-11H2,1-2H3. The zero-order valence-corrected chi connectivity index (χ0v) is 11.6. The number of hydrogen-bond donors (Lipinski definition) is 1. The molecule has 1 atom stereocenters. The Morgan fingerprint density at radius 2 is 2.11 bits per heavy atom. The Kier molecular flexibility index (Phi) is 3.07. The van der Waals surface area contributed by atoms with Gasteiger partial charge < -0.3 is 14.6 Å². The maximum Gasteiger partial charge on any atom is 0.112 e. The van der Waals surface area contributed by atoms with Crippen LogP contribution in [0, 0.1) is 0 Å². The van der Waals surface area contributed by atoms with E-state index in [1.54, 1.807) is 0 Å². The Balaban J connectivity index is 1.90. The molecule has 1 fully saturated rings. The minimum atomic E-state index is -0.637. The maximum absolute atomic E-state index is 10.7. The topological polar surface area (TPSA) is 41.3 Å². The van der Waals surface area contributed by atoms with Crippen LogP contribution in [0.4, 0.5) is 0 Å². The molecule has 19 heavy (non-hydrogen) atoms. The summed E-state index contributed by atoms with van der Waals surface area (Å²) in [6, 6.07) is 8.12. The van der Waals surface area contributed by atoms with Crippen LogP contribution in [0.3, 0.4) is 0 Å². The zero-order valence-electron chi connectivity index (χ0n) is 11.6. The van der Waals surface area contributed by atoms with Gasteiger partial charge in [-0.3, -0.25) is 0 Å². The molecular weight excluding hydrogens is 238 g/mol. The lowest BCUT2D eigenvalue weighted by Crippen LogP contribution is -2.48. The van der Waals surface area contributed by atoms with Crippen LogP contribution in [0.2, 0.25) is 0 Å². The van der Waals surface area contributed by atoms with Crippen molar-refractivity contribution in [2.24, 2.45) is 7.05 Å². The lowest BCUT2D eigenvalue weighted by atomic mass is 9.89. The molecule has 1 saturated heterocycles. The molecule has 1 N–H and O–H groups in total. The van der Waals surface area contributed by atoms with Crippen LogP contribution >= 0.6 is 0 Å². The number of benzene rings is 1. The van der Waals surface area contributed by atoms with Gasteiger partial charge in [0.15, 0.2) is 0 Å². The third-order valence-corrected chi connectivity index (χ3v) is 4.11. The highest BCUT2D eigenvalue weighted by Crippen LogP contribution is 2.25. The number of likely N-dealkylation sites (tertiary alicyclic amines) is 1. The van der Waals surface area contributed by atoms with Crippen molar-refractivity contribution in [3.05, 3.63) is 30.1 Å². The van der Waals surface area contributed by atoms with Crippen LogP contribution in [-0.2, 0) is 13.5 Å². The molecule has 1 aliphatic rings. The number of fused-ring (bicyclic) bond motifs is 1. The van der Waals surface area contributed by atoms with Crippen molar-refractivity contribution in [2.45, 2.75) is 24.9 Å². The largest absolute Gasteiger partial charge is 0.388 e. The Morgan fingerprint density at radius 3 is 2.84 bits per heavy atom. The van der Waals surface area contributed by atoms with Crippen LogP contribution in [0.15, 0.2) is 24.3 Å². The molecule has 4 nitrogen and oxygen atoms in total. The van der Waals surface area contributed by atoms with Gasteiger partial charge in [-0.25, -0.2) is 4.98 Å². The van der Waals surface area contributed by atoms with Gasteiger partial charge in [-0.05, 0) is 38.6 Å². The quantitative estimate of drug-likeness (QED) is 0.890. The summed E-state index contributed by atoms with van der Waals surface area (Å²) in [4.78, 5) is 6.86. The summed E-state index contributed by atoms with van der Waals surface area (Å²) < 4.78 is 2.10. The number of likely N-dealkylation sites (N-methyl/N-ethyl adjacent to an activating group) is 1. The van der Waals surface area contributed by atoms with E-state index in [0.29, 0.717) is 6.42 Å². The van der Waals surface area contributed by atoms with E-state index < -0.39 is 5.60 Å². The van der Waals surface area contributed by atoms with E-state index in [1.165, 1.54) is 0 Å². The molecule has 102 valence electrons. The van der Waals surface area contributed by atoms with Gasteiger partial charge in [-0.2, -0.15) is 0 Å². The second-order valence-electron chi connectivity index (χ2n) is 5.82. The zero-order chi connectivity index (χ0) is 13.5. The molecule has 0 aliphatic carbocycles. The van der Waals surface area contributed by atoms with E-state index in [9.17, 15) is 5.11 Å². The maximum atomic E-state index is 10.7. The van der Waals surface area contributed by atoms with Crippen molar-refractivity contribution in [1.29, 1.82) is 0 Å². The summed E-state index contributed by atoms with van der Waals surface area (Å²) in [7, 11) is 4.10. The highest BCUT2D eigenvalue weighted by Gasteiger charge is 2.33. The smallest absolute Gasteiger partial charge is 0.112 e. The van der Waals surface area contributed by atoms with Gasteiger partial charge in [0.2, 0.25) is 0 Å². The van der Waals surface area contributed by atoms with Gasteiger partial charge in [0.1, 0.15) is 5.82 Å².